The van der Waals surface area contributed by atoms with Crippen LogP contribution in [0.1, 0.15) is 12.7 Å². The summed E-state index contributed by atoms with van der Waals surface area (Å²) in [6.45, 7) is 3.59. The highest BCUT2D eigenvalue weighted by Gasteiger charge is 2.04. The van der Waals surface area contributed by atoms with E-state index in [1.54, 1.807) is 12.4 Å². The molecule has 0 saturated carbocycles. The Morgan fingerprint density at radius 3 is 3.00 bits per heavy atom. The van der Waals surface area contributed by atoms with Crippen LogP contribution in [0.25, 0.3) is 11.3 Å². The van der Waals surface area contributed by atoms with E-state index in [4.69, 9.17) is 0 Å². The largest absolute Gasteiger partial charge is 0.341 e. The van der Waals surface area contributed by atoms with E-state index in [0.29, 0.717) is 12.1 Å². The lowest BCUT2D eigenvalue weighted by Crippen LogP contribution is -2.12. The molecule has 0 spiro atoms. The third kappa shape index (κ3) is 2.43. The molecule has 0 bridgehead atoms. The van der Waals surface area contributed by atoms with Crippen LogP contribution in [-0.4, -0.2) is 21.5 Å². The number of nitrogens with one attached hydrogen (secondary N) is 2. The van der Waals surface area contributed by atoms with Crippen molar-refractivity contribution in [3.8, 4) is 11.3 Å². The molecule has 2 rings (SSSR count). The van der Waals surface area contributed by atoms with Crippen LogP contribution in [0.15, 0.2) is 24.7 Å². The van der Waals surface area contributed by atoms with E-state index in [9.17, 15) is 4.39 Å². The molecule has 2 heterocycles. The highest BCUT2D eigenvalue weighted by molar-refractivity contribution is 5.56. The average Bonchev–Trinajstić information content (AvgIpc) is 2.75. The number of pyridine rings is 1. The molecule has 0 aliphatic heterocycles. The lowest BCUT2D eigenvalue weighted by Gasteiger charge is -1.98. The summed E-state index contributed by atoms with van der Waals surface area (Å²) in [5, 5.41) is 3.16. The number of imidazole rings is 1. The topological polar surface area (TPSA) is 53.6 Å². The molecular weight excluding hydrogens is 207 g/mol. The Balaban J connectivity index is 2.18. The summed E-state index contributed by atoms with van der Waals surface area (Å²) in [4.78, 5) is 11.1. The Morgan fingerprint density at radius 2 is 2.25 bits per heavy atom. The second-order valence-corrected chi connectivity index (χ2v) is 3.42. The van der Waals surface area contributed by atoms with Crippen molar-refractivity contribution in [3.63, 3.8) is 0 Å². The molecule has 0 fully saturated rings. The summed E-state index contributed by atoms with van der Waals surface area (Å²) in [6, 6.07) is 1.43. The number of nitrogens with zero attached hydrogens (tertiary/aromatic N) is 2. The van der Waals surface area contributed by atoms with Gasteiger partial charge in [0.15, 0.2) is 0 Å². The molecule has 0 aliphatic rings. The molecule has 0 unspecified atom stereocenters. The Labute approximate surface area is 92.9 Å². The van der Waals surface area contributed by atoms with Crippen molar-refractivity contribution >= 4 is 0 Å². The fourth-order valence-corrected chi connectivity index (χ4v) is 1.40. The van der Waals surface area contributed by atoms with Crippen molar-refractivity contribution in [1.82, 2.24) is 20.3 Å². The van der Waals surface area contributed by atoms with E-state index >= 15 is 0 Å². The van der Waals surface area contributed by atoms with Crippen LogP contribution in [0.5, 0.6) is 0 Å². The van der Waals surface area contributed by atoms with E-state index in [2.05, 4.69) is 20.3 Å². The summed E-state index contributed by atoms with van der Waals surface area (Å²) < 4.78 is 13.0. The Morgan fingerprint density at radius 1 is 1.38 bits per heavy atom. The number of H-pyrrole nitrogens is 1. The number of rotatable bonds is 4. The molecule has 0 saturated heterocycles. The zero-order chi connectivity index (χ0) is 11.4. The van der Waals surface area contributed by atoms with Gasteiger partial charge in [-0.05, 0) is 12.6 Å². The third-order valence-electron chi connectivity index (χ3n) is 2.19. The number of aromatic amines is 1. The predicted molar refractivity (Wildman–Crippen MR) is 59.2 cm³/mol. The van der Waals surface area contributed by atoms with Gasteiger partial charge in [-0.25, -0.2) is 9.37 Å². The summed E-state index contributed by atoms with van der Waals surface area (Å²) in [5.74, 6) is 0.487. The number of hydrogen-bond donors (Lipinski definition) is 2. The maximum absolute atomic E-state index is 13.0. The van der Waals surface area contributed by atoms with Crippen molar-refractivity contribution in [1.29, 1.82) is 0 Å². The molecule has 0 amide bonds. The minimum atomic E-state index is -0.347. The van der Waals surface area contributed by atoms with Gasteiger partial charge < -0.3 is 10.3 Å². The smallest absolute Gasteiger partial charge is 0.142 e. The van der Waals surface area contributed by atoms with Crippen LogP contribution in [0.2, 0.25) is 0 Å². The van der Waals surface area contributed by atoms with Gasteiger partial charge in [-0.15, -0.1) is 0 Å². The Kier molecular flexibility index (Phi) is 3.26. The molecule has 16 heavy (non-hydrogen) atoms. The summed E-state index contributed by atoms with van der Waals surface area (Å²) in [6.07, 6.45) is 4.47. The van der Waals surface area contributed by atoms with Gasteiger partial charge in [0, 0.05) is 11.8 Å². The maximum Gasteiger partial charge on any atom is 0.142 e. The number of aromatic nitrogens is 3. The molecule has 2 aromatic heterocycles. The third-order valence-corrected chi connectivity index (χ3v) is 2.19. The molecule has 0 aromatic carbocycles. The van der Waals surface area contributed by atoms with Gasteiger partial charge in [0.1, 0.15) is 11.6 Å². The van der Waals surface area contributed by atoms with Crippen LogP contribution in [0, 0.1) is 5.82 Å². The molecule has 2 N–H and O–H groups in total. The molecule has 4 nitrogen and oxygen atoms in total. The Bertz CT molecular complexity index is 467. The molecular formula is C11H13FN4. The normalized spacial score (nSPS) is 10.6. The highest BCUT2D eigenvalue weighted by Crippen LogP contribution is 2.16. The van der Waals surface area contributed by atoms with Crippen LogP contribution in [0.4, 0.5) is 4.39 Å². The zero-order valence-electron chi connectivity index (χ0n) is 9.00. The van der Waals surface area contributed by atoms with E-state index in [-0.39, 0.29) is 5.82 Å². The monoisotopic (exact) mass is 220 g/mol. The van der Waals surface area contributed by atoms with Gasteiger partial charge >= 0.3 is 0 Å². The Hall–Kier alpha value is -1.75. The van der Waals surface area contributed by atoms with Gasteiger partial charge in [-0.2, -0.15) is 0 Å². The minimum absolute atomic E-state index is 0.347. The van der Waals surface area contributed by atoms with Gasteiger partial charge in [-0.1, -0.05) is 6.92 Å². The fourth-order valence-electron chi connectivity index (χ4n) is 1.40. The SMILES string of the molecule is CCNCc1ncc(-c2cncc(F)c2)[nH]1. The van der Waals surface area contributed by atoms with Crippen molar-refractivity contribution in [2.75, 3.05) is 6.54 Å². The number of hydrogen-bond acceptors (Lipinski definition) is 3. The van der Waals surface area contributed by atoms with E-state index < -0.39 is 0 Å². The fraction of sp³-hybridized carbons (Fsp3) is 0.273. The molecule has 0 radical (unpaired) electrons. The van der Waals surface area contributed by atoms with Crippen molar-refractivity contribution in [2.24, 2.45) is 0 Å². The second-order valence-electron chi connectivity index (χ2n) is 3.42. The van der Waals surface area contributed by atoms with Crippen LogP contribution >= 0.6 is 0 Å². The molecule has 0 aliphatic carbocycles. The lowest BCUT2D eigenvalue weighted by atomic mass is 10.2. The first-order valence-corrected chi connectivity index (χ1v) is 5.15. The molecule has 84 valence electrons. The van der Waals surface area contributed by atoms with Crippen LogP contribution in [-0.2, 0) is 6.54 Å². The highest BCUT2D eigenvalue weighted by atomic mass is 19.1. The van der Waals surface area contributed by atoms with Gasteiger partial charge in [0.05, 0.1) is 24.6 Å². The number of halogens is 1. The van der Waals surface area contributed by atoms with Gasteiger partial charge in [0.25, 0.3) is 0 Å². The summed E-state index contributed by atoms with van der Waals surface area (Å²) in [7, 11) is 0. The second kappa shape index (κ2) is 4.85. The van der Waals surface area contributed by atoms with Crippen LogP contribution in [0.3, 0.4) is 0 Å². The summed E-state index contributed by atoms with van der Waals surface area (Å²) in [5.41, 5.74) is 1.48. The quantitative estimate of drug-likeness (QED) is 0.824. The van der Waals surface area contributed by atoms with Gasteiger partial charge in [-0.3, -0.25) is 4.98 Å². The van der Waals surface area contributed by atoms with Crippen molar-refractivity contribution in [2.45, 2.75) is 13.5 Å². The first-order valence-electron chi connectivity index (χ1n) is 5.15. The van der Waals surface area contributed by atoms with E-state index in [1.165, 1.54) is 12.3 Å². The first-order chi connectivity index (χ1) is 7.79. The first kappa shape index (κ1) is 10.8. The zero-order valence-corrected chi connectivity index (χ0v) is 9.00. The van der Waals surface area contributed by atoms with E-state index in [0.717, 1.165) is 18.1 Å². The van der Waals surface area contributed by atoms with Crippen molar-refractivity contribution < 1.29 is 4.39 Å². The van der Waals surface area contributed by atoms with E-state index in [1.807, 2.05) is 6.92 Å². The minimum Gasteiger partial charge on any atom is -0.341 e. The molecule has 5 heteroatoms. The standard InChI is InChI=1S/C11H13FN4/c1-2-13-7-11-15-6-10(16-11)8-3-9(12)5-14-4-8/h3-6,13H,2,7H2,1H3,(H,15,16). The van der Waals surface area contributed by atoms with Crippen LogP contribution < -0.4 is 5.32 Å². The van der Waals surface area contributed by atoms with Gasteiger partial charge in [0.2, 0.25) is 0 Å². The van der Waals surface area contributed by atoms with Crippen molar-refractivity contribution in [3.05, 3.63) is 36.3 Å². The molecule has 0 atom stereocenters. The lowest BCUT2D eigenvalue weighted by molar-refractivity contribution is 0.622. The summed E-state index contributed by atoms with van der Waals surface area (Å²) >= 11 is 0. The average molecular weight is 220 g/mol. The predicted octanol–water partition coefficient (Wildman–Crippen LogP) is 1.72. The molecule has 2 aromatic rings. The maximum atomic E-state index is 13.0.